The number of carbonyl (C=O) groups is 2. The quantitative estimate of drug-likeness (QED) is 0.845. The topological polar surface area (TPSA) is 64.6 Å². The van der Waals surface area contributed by atoms with Gasteiger partial charge in [0.2, 0.25) is 0 Å². The van der Waals surface area contributed by atoms with Crippen LogP contribution in [0.4, 0.5) is 5.69 Å². The third-order valence-corrected chi connectivity index (χ3v) is 3.53. The van der Waals surface area contributed by atoms with Crippen LogP contribution in [0.5, 0.6) is 11.5 Å². The van der Waals surface area contributed by atoms with E-state index < -0.39 is 0 Å². The van der Waals surface area contributed by atoms with Crippen molar-refractivity contribution in [2.75, 3.05) is 19.5 Å². The standard InChI is InChI=1S/C17H16ClNO4/c1-10(20)11-4-6-13(7-5-11)19-17(21)12-8-14(18)16(23-3)15(9-12)22-2/h4-9H,1-3H3,(H,19,21). The van der Waals surface area contributed by atoms with Crippen LogP contribution in [0.15, 0.2) is 36.4 Å². The Kier molecular flexibility index (Phi) is 5.24. The summed E-state index contributed by atoms with van der Waals surface area (Å²) in [5.74, 6) is 0.367. The van der Waals surface area contributed by atoms with Gasteiger partial charge in [-0.3, -0.25) is 9.59 Å². The van der Waals surface area contributed by atoms with E-state index in [4.69, 9.17) is 21.1 Å². The molecule has 0 bridgehead atoms. The summed E-state index contributed by atoms with van der Waals surface area (Å²) in [6.07, 6.45) is 0. The minimum atomic E-state index is -0.344. The second kappa shape index (κ2) is 7.15. The van der Waals surface area contributed by atoms with Crippen LogP contribution in [0.1, 0.15) is 27.6 Å². The number of benzene rings is 2. The van der Waals surface area contributed by atoms with E-state index in [1.54, 1.807) is 30.3 Å². The van der Waals surface area contributed by atoms with Crippen LogP contribution in [0.2, 0.25) is 5.02 Å². The Hall–Kier alpha value is -2.53. The van der Waals surface area contributed by atoms with Crippen molar-refractivity contribution in [3.05, 3.63) is 52.5 Å². The number of halogens is 1. The number of anilines is 1. The molecule has 0 fully saturated rings. The maximum Gasteiger partial charge on any atom is 0.255 e. The Labute approximate surface area is 139 Å². The molecule has 0 radical (unpaired) electrons. The molecule has 0 aliphatic heterocycles. The van der Waals surface area contributed by atoms with Crippen LogP contribution in [0.3, 0.4) is 0 Å². The number of rotatable bonds is 5. The number of ketones is 1. The molecule has 23 heavy (non-hydrogen) atoms. The lowest BCUT2D eigenvalue weighted by Crippen LogP contribution is -2.12. The Morgan fingerprint density at radius 1 is 1.00 bits per heavy atom. The number of hydrogen-bond acceptors (Lipinski definition) is 4. The molecule has 0 atom stereocenters. The van der Waals surface area contributed by atoms with Crippen LogP contribution in [-0.4, -0.2) is 25.9 Å². The summed E-state index contributed by atoms with van der Waals surface area (Å²) in [4.78, 5) is 23.6. The second-order valence-corrected chi connectivity index (χ2v) is 5.19. The van der Waals surface area contributed by atoms with Crippen LogP contribution in [0.25, 0.3) is 0 Å². The summed E-state index contributed by atoms with van der Waals surface area (Å²) >= 11 is 6.09. The van der Waals surface area contributed by atoms with Gasteiger partial charge in [0.15, 0.2) is 17.3 Å². The van der Waals surface area contributed by atoms with Gasteiger partial charge in [0.25, 0.3) is 5.91 Å². The van der Waals surface area contributed by atoms with Gasteiger partial charge >= 0.3 is 0 Å². The Bertz CT molecular complexity index is 741. The first-order valence-electron chi connectivity index (χ1n) is 6.80. The highest BCUT2D eigenvalue weighted by atomic mass is 35.5. The Morgan fingerprint density at radius 2 is 1.65 bits per heavy atom. The van der Waals surface area contributed by atoms with Crippen molar-refractivity contribution in [2.45, 2.75) is 6.92 Å². The van der Waals surface area contributed by atoms with E-state index in [2.05, 4.69) is 5.32 Å². The van der Waals surface area contributed by atoms with Gasteiger partial charge in [-0.25, -0.2) is 0 Å². The third kappa shape index (κ3) is 3.81. The van der Waals surface area contributed by atoms with Crippen molar-refractivity contribution in [1.82, 2.24) is 0 Å². The predicted octanol–water partition coefficient (Wildman–Crippen LogP) is 3.81. The van der Waals surface area contributed by atoms with Crippen LogP contribution >= 0.6 is 11.6 Å². The molecule has 0 aliphatic rings. The first-order chi connectivity index (χ1) is 11.0. The maximum atomic E-state index is 12.3. The Morgan fingerprint density at radius 3 is 2.17 bits per heavy atom. The highest BCUT2D eigenvalue weighted by Gasteiger charge is 2.15. The molecule has 2 aromatic rings. The van der Waals surface area contributed by atoms with Gasteiger partial charge in [0.1, 0.15) is 0 Å². The van der Waals surface area contributed by atoms with Crippen molar-refractivity contribution in [2.24, 2.45) is 0 Å². The van der Waals surface area contributed by atoms with Gasteiger partial charge in [-0.05, 0) is 43.3 Å². The molecule has 1 N–H and O–H groups in total. The number of Topliss-reactive ketones (excluding diaryl/α,β-unsaturated/α-hetero) is 1. The fourth-order valence-corrected chi connectivity index (χ4v) is 2.33. The van der Waals surface area contributed by atoms with Gasteiger partial charge in [0.05, 0.1) is 19.2 Å². The summed E-state index contributed by atoms with van der Waals surface area (Å²) in [7, 11) is 2.94. The monoisotopic (exact) mass is 333 g/mol. The molecule has 0 unspecified atom stereocenters. The summed E-state index contributed by atoms with van der Waals surface area (Å²) in [5.41, 5.74) is 1.49. The van der Waals surface area contributed by atoms with Gasteiger partial charge in [0, 0.05) is 16.8 Å². The minimum Gasteiger partial charge on any atom is -0.493 e. The van der Waals surface area contributed by atoms with E-state index in [1.165, 1.54) is 27.2 Å². The average Bonchev–Trinajstić information content (AvgIpc) is 2.54. The summed E-state index contributed by atoms with van der Waals surface area (Å²) in [6.45, 7) is 1.49. The normalized spacial score (nSPS) is 10.1. The lowest BCUT2D eigenvalue weighted by Gasteiger charge is -2.12. The number of hydrogen-bond donors (Lipinski definition) is 1. The molecule has 2 aromatic carbocycles. The molecule has 0 aliphatic carbocycles. The molecule has 120 valence electrons. The molecular weight excluding hydrogens is 318 g/mol. The fraction of sp³-hybridized carbons (Fsp3) is 0.176. The highest BCUT2D eigenvalue weighted by molar-refractivity contribution is 6.32. The molecule has 0 heterocycles. The van der Waals surface area contributed by atoms with Crippen molar-refractivity contribution < 1.29 is 19.1 Å². The van der Waals surface area contributed by atoms with Crippen molar-refractivity contribution in [3.8, 4) is 11.5 Å². The minimum absolute atomic E-state index is 0.0328. The smallest absolute Gasteiger partial charge is 0.255 e. The molecule has 0 saturated carbocycles. The number of nitrogens with one attached hydrogen (secondary N) is 1. The van der Waals surface area contributed by atoms with Gasteiger partial charge in [-0.15, -0.1) is 0 Å². The molecule has 1 amide bonds. The largest absolute Gasteiger partial charge is 0.493 e. The summed E-state index contributed by atoms with van der Waals surface area (Å²) < 4.78 is 10.3. The van der Waals surface area contributed by atoms with E-state index >= 15 is 0 Å². The van der Waals surface area contributed by atoms with Crippen LogP contribution < -0.4 is 14.8 Å². The Balaban J connectivity index is 2.23. The third-order valence-electron chi connectivity index (χ3n) is 3.25. The molecule has 0 spiro atoms. The van der Waals surface area contributed by atoms with Gasteiger partial charge in [-0.2, -0.15) is 0 Å². The fourth-order valence-electron chi connectivity index (χ4n) is 2.04. The van der Waals surface area contributed by atoms with Crippen LogP contribution in [0, 0.1) is 0 Å². The SMILES string of the molecule is COc1cc(C(=O)Nc2ccc(C(C)=O)cc2)cc(Cl)c1OC. The van der Waals surface area contributed by atoms with Crippen molar-refractivity contribution >= 4 is 29.0 Å². The van der Waals surface area contributed by atoms with Gasteiger partial charge < -0.3 is 14.8 Å². The second-order valence-electron chi connectivity index (χ2n) is 4.78. The van der Waals surface area contributed by atoms with E-state index in [9.17, 15) is 9.59 Å². The van der Waals surface area contributed by atoms with E-state index in [0.29, 0.717) is 28.3 Å². The van der Waals surface area contributed by atoms with E-state index in [1.807, 2.05) is 0 Å². The zero-order valence-electron chi connectivity index (χ0n) is 13.0. The van der Waals surface area contributed by atoms with E-state index in [-0.39, 0.29) is 16.7 Å². The first kappa shape index (κ1) is 16.8. The average molecular weight is 334 g/mol. The number of amides is 1. The number of ether oxygens (including phenoxy) is 2. The lowest BCUT2D eigenvalue weighted by molar-refractivity contribution is 0.101. The van der Waals surface area contributed by atoms with Crippen molar-refractivity contribution in [1.29, 1.82) is 0 Å². The molecule has 0 aromatic heterocycles. The molecule has 2 rings (SSSR count). The number of methoxy groups -OCH3 is 2. The molecular formula is C17H16ClNO4. The van der Waals surface area contributed by atoms with Crippen LogP contribution in [-0.2, 0) is 0 Å². The highest BCUT2D eigenvalue weighted by Crippen LogP contribution is 2.36. The molecule has 5 nitrogen and oxygen atoms in total. The summed E-state index contributed by atoms with van der Waals surface area (Å²) in [6, 6.07) is 9.68. The van der Waals surface area contributed by atoms with E-state index in [0.717, 1.165) is 0 Å². The molecule has 0 saturated heterocycles. The first-order valence-corrected chi connectivity index (χ1v) is 7.18. The molecule has 6 heteroatoms. The zero-order valence-corrected chi connectivity index (χ0v) is 13.7. The predicted molar refractivity (Wildman–Crippen MR) is 89.0 cm³/mol. The maximum absolute atomic E-state index is 12.3. The summed E-state index contributed by atoms with van der Waals surface area (Å²) in [5, 5.41) is 3.02. The van der Waals surface area contributed by atoms with Crippen molar-refractivity contribution in [3.63, 3.8) is 0 Å². The zero-order chi connectivity index (χ0) is 17.0. The van der Waals surface area contributed by atoms with Gasteiger partial charge in [-0.1, -0.05) is 11.6 Å². The lowest BCUT2D eigenvalue weighted by atomic mass is 10.1. The number of carbonyl (C=O) groups excluding carboxylic acids is 2.